The lowest BCUT2D eigenvalue weighted by Crippen LogP contribution is -2.10. The number of H-pyrrole nitrogens is 1. The molecule has 14 heavy (non-hydrogen) atoms. The van der Waals surface area contributed by atoms with Gasteiger partial charge in [0.15, 0.2) is 0 Å². The minimum Gasteiger partial charge on any atom is -0.310 e. The highest BCUT2D eigenvalue weighted by Crippen LogP contribution is 2.21. The Morgan fingerprint density at radius 3 is 2.79 bits per heavy atom. The molecule has 1 aromatic carbocycles. The Morgan fingerprint density at radius 1 is 1.36 bits per heavy atom. The number of benzene rings is 1. The van der Waals surface area contributed by atoms with Crippen LogP contribution in [0.2, 0.25) is 0 Å². The quantitative estimate of drug-likeness (QED) is 0.782. The molecule has 1 N–H and O–H groups in total. The summed E-state index contributed by atoms with van der Waals surface area (Å²) in [5.41, 5.74) is 1.68. The molecule has 0 spiro atoms. The second kappa shape index (κ2) is 3.20. The van der Waals surface area contributed by atoms with Gasteiger partial charge in [0.05, 0.1) is 10.9 Å². The number of rotatable bonds is 0. The average Bonchev–Trinajstić information content (AvgIpc) is 2.07. The van der Waals surface area contributed by atoms with Gasteiger partial charge >= 0.3 is 0 Å². The predicted molar refractivity (Wildman–Crippen MR) is 59.5 cm³/mol. The van der Waals surface area contributed by atoms with E-state index in [2.05, 4.69) is 25.9 Å². The molecule has 0 saturated heterocycles. The Morgan fingerprint density at radius 2 is 2.07 bits per heavy atom. The molecule has 0 aliphatic rings. The monoisotopic (exact) mass is 252 g/mol. The lowest BCUT2D eigenvalue weighted by atomic mass is 10.2. The molecular weight excluding hydrogens is 244 g/mol. The number of aromatic amines is 1. The number of aryl methyl sites for hydroxylation is 2. The third-order valence-electron chi connectivity index (χ3n) is 2.03. The fraction of sp³-hybridized carbons (Fsp3) is 0.200. The molecule has 0 amide bonds. The Labute approximate surface area is 89.3 Å². The maximum atomic E-state index is 11.6. The first-order valence-electron chi connectivity index (χ1n) is 4.25. The van der Waals surface area contributed by atoms with E-state index in [1.807, 2.05) is 19.1 Å². The summed E-state index contributed by atoms with van der Waals surface area (Å²) in [6, 6.07) is 3.79. The van der Waals surface area contributed by atoms with E-state index < -0.39 is 0 Å². The third kappa shape index (κ3) is 1.46. The topological polar surface area (TPSA) is 45.8 Å². The summed E-state index contributed by atoms with van der Waals surface area (Å²) in [7, 11) is 0. The first-order chi connectivity index (χ1) is 6.58. The summed E-state index contributed by atoms with van der Waals surface area (Å²) >= 11 is 3.40. The highest BCUT2D eigenvalue weighted by Gasteiger charge is 2.05. The number of aromatic nitrogens is 2. The zero-order chi connectivity index (χ0) is 10.3. The molecule has 4 heteroatoms. The summed E-state index contributed by atoms with van der Waals surface area (Å²) in [6.07, 6.45) is 0. The normalized spacial score (nSPS) is 10.8. The van der Waals surface area contributed by atoms with Crippen LogP contribution in [0.3, 0.4) is 0 Å². The molecule has 0 saturated carbocycles. The van der Waals surface area contributed by atoms with E-state index in [0.717, 1.165) is 15.6 Å². The van der Waals surface area contributed by atoms with E-state index in [9.17, 15) is 4.79 Å². The van der Waals surface area contributed by atoms with Gasteiger partial charge in [-0.15, -0.1) is 0 Å². The molecule has 0 fully saturated rings. The maximum absolute atomic E-state index is 11.6. The molecule has 0 radical (unpaired) electrons. The Balaban J connectivity index is 3.02. The van der Waals surface area contributed by atoms with E-state index >= 15 is 0 Å². The predicted octanol–water partition coefficient (Wildman–Crippen LogP) is 2.30. The summed E-state index contributed by atoms with van der Waals surface area (Å²) in [5.74, 6) is 0.632. The molecule has 0 bridgehead atoms. The fourth-order valence-electron chi connectivity index (χ4n) is 1.45. The van der Waals surface area contributed by atoms with Crippen molar-refractivity contribution in [3.63, 3.8) is 0 Å². The van der Waals surface area contributed by atoms with E-state index in [0.29, 0.717) is 11.2 Å². The summed E-state index contributed by atoms with van der Waals surface area (Å²) in [4.78, 5) is 18.5. The van der Waals surface area contributed by atoms with Gasteiger partial charge in [0.25, 0.3) is 5.56 Å². The molecule has 0 unspecified atom stereocenters. The van der Waals surface area contributed by atoms with Gasteiger partial charge in [-0.3, -0.25) is 4.79 Å². The summed E-state index contributed by atoms with van der Waals surface area (Å²) < 4.78 is 0.863. The van der Waals surface area contributed by atoms with Gasteiger partial charge < -0.3 is 4.98 Å². The van der Waals surface area contributed by atoms with Crippen LogP contribution in [0.5, 0.6) is 0 Å². The maximum Gasteiger partial charge on any atom is 0.258 e. The van der Waals surface area contributed by atoms with Crippen molar-refractivity contribution >= 4 is 26.8 Å². The molecule has 3 nitrogen and oxygen atoms in total. The molecule has 0 atom stereocenters. The van der Waals surface area contributed by atoms with Crippen molar-refractivity contribution < 1.29 is 0 Å². The minimum absolute atomic E-state index is 0.0862. The molecule has 1 heterocycles. The smallest absolute Gasteiger partial charge is 0.258 e. The van der Waals surface area contributed by atoms with Crippen LogP contribution in [0.4, 0.5) is 0 Å². The SMILES string of the molecule is Cc1cc(Br)c2nc(C)[nH]c(=O)c2c1. The van der Waals surface area contributed by atoms with Gasteiger partial charge in [-0.1, -0.05) is 0 Å². The molecule has 2 aromatic rings. The number of hydrogen-bond donors (Lipinski definition) is 1. The van der Waals surface area contributed by atoms with Crippen molar-refractivity contribution in [1.82, 2.24) is 9.97 Å². The van der Waals surface area contributed by atoms with Gasteiger partial charge in [-0.2, -0.15) is 0 Å². The van der Waals surface area contributed by atoms with Gasteiger partial charge in [-0.25, -0.2) is 4.98 Å². The van der Waals surface area contributed by atoms with Crippen molar-refractivity contribution in [2.24, 2.45) is 0 Å². The molecule has 1 aromatic heterocycles. The first-order valence-corrected chi connectivity index (χ1v) is 5.04. The summed E-state index contributed by atoms with van der Waals surface area (Å²) in [6.45, 7) is 3.72. The highest BCUT2D eigenvalue weighted by atomic mass is 79.9. The van der Waals surface area contributed by atoms with Crippen LogP contribution in [0.1, 0.15) is 11.4 Å². The largest absolute Gasteiger partial charge is 0.310 e. The first kappa shape index (κ1) is 9.40. The van der Waals surface area contributed by atoms with Crippen LogP contribution < -0.4 is 5.56 Å². The van der Waals surface area contributed by atoms with Crippen molar-refractivity contribution in [3.8, 4) is 0 Å². The number of hydrogen-bond acceptors (Lipinski definition) is 2. The van der Waals surface area contributed by atoms with Crippen LogP contribution in [-0.4, -0.2) is 9.97 Å². The zero-order valence-corrected chi connectivity index (χ0v) is 9.47. The molecule has 72 valence electrons. The number of fused-ring (bicyclic) bond motifs is 1. The van der Waals surface area contributed by atoms with E-state index in [1.165, 1.54) is 0 Å². The minimum atomic E-state index is -0.0862. The van der Waals surface area contributed by atoms with Crippen molar-refractivity contribution in [1.29, 1.82) is 0 Å². The van der Waals surface area contributed by atoms with Crippen molar-refractivity contribution in [2.45, 2.75) is 13.8 Å². The van der Waals surface area contributed by atoms with Gasteiger partial charge in [0.2, 0.25) is 0 Å². The van der Waals surface area contributed by atoms with Crippen LogP contribution in [0.25, 0.3) is 10.9 Å². The molecule has 2 rings (SSSR count). The summed E-state index contributed by atoms with van der Waals surface area (Å²) in [5, 5.41) is 0.627. The van der Waals surface area contributed by atoms with E-state index in [1.54, 1.807) is 6.92 Å². The molecule has 0 aliphatic carbocycles. The zero-order valence-electron chi connectivity index (χ0n) is 7.89. The van der Waals surface area contributed by atoms with Gasteiger partial charge in [-0.05, 0) is 47.5 Å². The van der Waals surface area contributed by atoms with Gasteiger partial charge in [0.1, 0.15) is 5.82 Å². The van der Waals surface area contributed by atoms with Crippen LogP contribution in [0.15, 0.2) is 21.4 Å². The van der Waals surface area contributed by atoms with Crippen molar-refractivity contribution in [3.05, 3.63) is 38.3 Å². The second-order valence-electron chi connectivity index (χ2n) is 3.29. The van der Waals surface area contributed by atoms with Crippen LogP contribution >= 0.6 is 15.9 Å². The lowest BCUT2D eigenvalue weighted by molar-refractivity contribution is 1.06. The Hall–Kier alpha value is -1.16. The molecular formula is C10H9BrN2O. The van der Waals surface area contributed by atoms with Gasteiger partial charge in [0, 0.05) is 4.47 Å². The fourth-order valence-corrected chi connectivity index (χ4v) is 2.11. The Kier molecular flexibility index (Phi) is 2.15. The Bertz CT molecular complexity index is 560. The van der Waals surface area contributed by atoms with Crippen molar-refractivity contribution in [2.75, 3.05) is 0 Å². The third-order valence-corrected chi connectivity index (χ3v) is 2.63. The number of nitrogens with zero attached hydrogens (tertiary/aromatic N) is 1. The van der Waals surface area contributed by atoms with Crippen LogP contribution in [-0.2, 0) is 0 Å². The number of nitrogens with one attached hydrogen (secondary N) is 1. The molecule has 0 aliphatic heterocycles. The second-order valence-corrected chi connectivity index (χ2v) is 4.15. The number of halogens is 1. The van der Waals surface area contributed by atoms with E-state index in [-0.39, 0.29) is 5.56 Å². The standard InChI is InChI=1S/C10H9BrN2O/c1-5-3-7-9(8(11)4-5)12-6(2)13-10(7)14/h3-4H,1-2H3,(H,12,13,14). The van der Waals surface area contributed by atoms with E-state index in [4.69, 9.17) is 0 Å². The highest BCUT2D eigenvalue weighted by molar-refractivity contribution is 9.10. The average molecular weight is 253 g/mol. The lowest BCUT2D eigenvalue weighted by Gasteiger charge is -2.02. The van der Waals surface area contributed by atoms with Crippen LogP contribution in [0, 0.1) is 13.8 Å².